The van der Waals surface area contributed by atoms with Crippen LogP contribution in [0.25, 0.3) is 0 Å². The Balaban J connectivity index is 1.57. The summed E-state index contributed by atoms with van der Waals surface area (Å²) in [7, 11) is 1.00. The van der Waals surface area contributed by atoms with E-state index in [2.05, 4.69) is 15.2 Å². The molecule has 0 radical (unpaired) electrons. The van der Waals surface area contributed by atoms with Crippen molar-refractivity contribution in [2.45, 2.75) is 58.8 Å². The van der Waals surface area contributed by atoms with Crippen LogP contribution in [0.4, 0.5) is 11.4 Å². The molecule has 4 unspecified atom stereocenters. The molecule has 4 atom stereocenters. The van der Waals surface area contributed by atoms with Gasteiger partial charge in [-0.25, -0.2) is 0 Å². The van der Waals surface area contributed by atoms with Crippen molar-refractivity contribution in [3.8, 4) is 5.88 Å². The molecular weight excluding hydrogens is 704 g/mol. The Bertz CT molecular complexity index is 1970. The summed E-state index contributed by atoms with van der Waals surface area (Å²) >= 11 is 0. The van der Waals surface area contributed by atoms with E-state index in [-0.39, 0.29) is 29.8 Å². The van der Waals surface area contributed by atoms with Crippen LogP contribution in [-0.4, -0.2) is 70.1 Å². The molecule has 1 aromatic heterocycles. The molecule has 0 spiro atoms. The lowest BCUT2D eigenvalue weighted by Crippen LogP contribution is -2.35. The molecule has 0 saturated heterocycles. The number of Topliss-reactive ketones (excluding diaryl/α,β-unsaturated/α-hetero) is 3. The highest BCUT2D eigenvalue weighted by atomic mass is 16.5. The van der Waals surface area contributed by atoms with Gasteiger partial charge in [0.05, 0.1) is 25.3 Å². The molecule has 2 aromatic carbocycles. The fourth-order valence-electron chi connectivity index (χ4n) is 5.72. The van der Waals surface area contributed by atoms with Gasteiger partial charge >= 0.3 is 17.9 Å². The van der Waals surface area contributed by atoms with Gasteiger partial charge in [-0.3, -0.25) is 43.3 Å². The topological polar surface area (TPSA) is 262 Å². The molecule has 5 N–H and O–H groups in total. The first-order valence-electron chi connectivity index (χ1n) is 17.0. The van der Waals surface area contributed by atoms with Crippen LogP contribution >= 0.6 is 0 Å². The molecule has 3 aromatic rings. The first kappa shape index (κ1) is 42.1. The molecule has 0 fully saturated rings. The number of ketones is 3. The van der Waals surface area contributed by atoms with Crippen molar-refractivity contribution in [2.24, 2.45) is 33.7 Å². The number of benzene rings is 2. The Hall–Kier alpha value is -6.32. The average molecular weight is 747 g/mol. The third-order valence-electron chi connectivity index (χ3n) is 8.78. The highest BCUT2D eigenvalue weighted by Gasteiger charge is 2.38. The van der Waals surface area contributed by atoms with Crippen LogP contribution < -0.4 is 11.3 Å². The van der Waals surface area contributed by atoms with Crippen molar-refractivity contribution in [1.82, 2.24) is 4.98 Å². The lowest BCUT2D eigenvalue weighted by atomic mass is 9.83. The maximum absolute atomic E-state index is 13.2. The number of carboxylic acids is 1. The van der Waals surface area contributed by atoms with Crippen molar-refractivity contribution in [3.05, 3.63) is 87.2 Å². The van der Waals surface area contributed by atoms with E-state index in [1.165, 1.54) is 13.8 Å². The van der Waals surface area contributed by atoms with Gasteiger partial charge in [0.2, 0.25) is 5.88 Å². The Labute approximate surface area is 309 Å². The molecule has 0 aliphatic carbocycles. The first-order valence-corrected chi connectivity index (χ1v) is 17.0. The second kappa shape index (κ2) is 19.5. The second-order valence-electron chi connectivity index (χ2n) is 12.5. The quantitative estimate of drug-likeness (QED) is 0.0721. The summed E-state index contributed by atoms with van der Waals surface area (Å²) in [6, 6.07) is 15.2. The lowest BCUT2D eigenvalue weighted by molar-refractivity contribution is -0.156. The molecular formula is C38H42N4O12. The smallest absolute Gasteiger partial charge is 0.316 e. The number of primary amides is 1. The number of nitrogens with one attached hydrogen (secondary N) is 1. The van der Waals surface area contributed by atoms with Gasteiger partial charge in [-0.1, -0.05) is 56.3 Å². The number of carbonyl (C=O) groups is 7. The lowest BCUT2D eigenvalue weighted by Gasteiger charge is -2.19. The Morgan fingerprint density at radius 3 is 2.04 bits per heavy atom. The second-order valence-corrected chi connectivity index (χ2v) is 12.5. The third kappa shape index (κ3) is 11.1. The van der Waals surface area contributed by atoms with Gasteiger partial charge in [0.15, 0.2) is 5.69 Å². The minimum atomic E-state index is -1.79. The number of aliphatic carboxylic acids is 1. The number of carbonyl (C=O) groups excluding carboxylic acids is 6. The zero-order chi connectivity index (χ0) is 40.1. The van der Waals surface area contributed by atoms with Crippen LogP contribution in [0.1, 0.15) is 72.5 Å². The summed E-state index contributed by atoms with van der Waals surface area (Å²) in [6.45, 7) is 4.47. The number of aromatic hydroxyl groups is 1. The molecule has 54 heavy (non-hydrogen) atoms. The van der Waals surface area contributed by atoms with E-state index in [4.69, 9.17) is 15.2 Å². The predicted octanol–water partition coefficient (Wildman–Crippen LogP) is 4.19. The van der Waals surface area contributed by atoms with Crippen LogP contribution in [0, 0.1) is 24.7 Å². The molecule has 286 valence electrons. The van der Waals surface area contributed by atoms with Crippen LogP contribution in [0.3, 0.4) is 0 Å². The average Bonchev–Trinajstić information content (AvgIpc) is 3.13. The highest BCUT2D eigenvalue weighted by Crippen LogP contribution is 2.27. The van der Waals surface area contributed by atoms with Crippen LogP contribution in [-0.2, 0) is 44.7 Å². The molecule has 0 saturated carbocycles. The summed E-state index contributed by atoms with van der Waals surface area (Å²) < 4.78 is 10.0. The van der Waals surface area contributed by atoms with Crippen LogP contribution in [0.2, 0.25) is 0 Å². The Kier molecular flexibility index (Phi) is 15.2. The van der Waals surface area contributed by atoms with Gasteiger partial charge in [0, 0.05) is 37.2 Å². The number of amides is 1. The number of aromatic amines is 1. The summed E-state index contributed by atoms with van der Waals surface area (Å²) in [5.41, 5.74) is 5.77. The maximum atomic E-state index is 13.2. The number of hydrogen-bond acceptors (Lipinski definition) is 13. The number of H-pyrrole nitrogens is 1. The number of azo groups is 1. The Morgan fingerprint density at radius 1 is 0.852 bits per heavy atom. The largest absolute Gasteiger partial charge is 0.494 e. The molecule has 0 aliphatic rings. The van der Waals surface area contributed by atoms with Crippen molar-refractivity contribution >= 4 is 52.5 Å². The first-order chi connectivity index (χ1) is 25.6. The molecule has 1 amide bonds. The van der Waals surface area contributed by atoms with Crippen molar-refractivity contribution in [1.29, 1.82) is 0 Å². The molecule has 0 aliphatic heterocycles. The minimum Gasteiger partial charge on any atom is -0.494 e. The predicted molar refractivity (Wildman–Crippen MR) is 191 cm³/mol. The fraction of sp³-hybridized carbons (Fsp3) is 0.368. The number of nitrogens with zero attached hydrogens (tertiary/aromatic N) is 2. The van der Waals surface area contributed by atoms with Gasteiger partial charge < -0.3 is 25.4 Å². The summed E-state index contributed by atoms with van der Waals surface area (Å²) in [4.78, 5) is 103. The number of rotatable bonds is 20. The van der Waals surface area contributed by atoms with Gasteiger partial charge in [-0.15, -0.1) is 5.11 Å². The Morgan fingerprint density at radius 2 is 1.46 bits per heavy atom. The van der Waals surface area contributed by atoms with E-state index < -0.39 is 95.5 Å². The van der Waals surface area contributed by atoms with Crippen LogP contribution in [0.5, 0.6) is 5.88 Å². The van der Waals surface area contributed by atoms with E-state index in [0.29, 0.717) is 17.7 Å². The van der Waals surface area contributed by atoms with Crippen molar-refractivity contribution in [3.63, 3.8) is 0 Å². The summed E-state index contributed by atoms with van der Waals surface area (Å²) in [5, 5.41) is 27.5. The standard InChI is InChI=1S/C38H42N4O12/c1-5-25(23-9-7-6-8-10-23)29(44)18-26(36(49)50)30(45)19-27(38(52)53-4)28(43)17-20(2)37(51)54-16-15-22-11-13-24(14-12-22)41-42-32-21(3)31(33(39)46)34(47)40-35(32)48/h6-14,20,25-27H,5,15-19H2,1-4H3,(H2,39,46)(H,49,50)(H2,40,47,48). The minimum absolute atomic E-state index is 0.0518. The molecule has 16 heteroatoms. The monoisotopic (exact) mass is 746 g/mol. The van der Waals surface area contributed by atoms with Gasteiger partial charge in [-0.2, -0.15) is 5.11 Å². The number of carboxylic acid groups (broad SMARTS) is 1. The van der Waals surface area contributed by atoms with E-state index in [0.717, 1.165) is 12.7 Å². The molecule has 3 rings (SSSR count). The highest BCUT2D eigenvalue weighted by molar-refractivity contribution is 6.08. The third-order valence-corrected chi connectivity index (χ3v) is 8.78. The van der Waals surface area contributed by atoms with Crippen LogP contribution in [0.15, 0.2) is 69.6 Å². The van der Waals surface area contributed by atoms with E-state index in [1.54, 1.807) is 61.5 Å². The normalized spacial score (nSPS) is 13.3. The molecule has 16 nitrogen and oxygen atoms in total. The number of nitrogens with two attached hydrogens (primary N) is 1. The van der Waals surface area contributed by atoms with Gasteiger partial charge in [-0.05, 0) is 36.6 Å². The molecule has 0 bridgehead atoms. The van der Waals surface area contributed by atoms with E-state index >= 15 is 0 Å². The number of pyridine rings is 1. The van der Waals surface area contributed by atoms with E-state index in [1.807, 2.05) is 0 Å². The summed E-state index contributed by atoms with van der Waals surface area (Å²) in [5.74, 6) is -12.5. The van der Waals surface area contributed by atoms with Gasteiger partial charge in [0.25, 0.3) is 11.5 Å². The fourth-order valence-corrected chi connectivity index (χ4v) is 5.72. The number of hydrogen-bond donors (Lipinski definition) is 4. The number of aromatic nitrogens is 1. The zero-order valence-corrected chi connectivity index (χ0v) is 30.2. The van der Waals surface area contributed by atoms with Crippen molar-refractivity contribution in [2.75, 3.05) is 13.7 Å². The number of ether oxygens (including phenoxy) is 2. The van der Waals surface area contributed by atoms with Gasteiger partial charge in [0.1, 0.15) is 34.7 Å². The number of esters is 2. The van der Waals surface area contributed by atoms with Crippen molar-refractivity contribution < 1.29 is 53.2 Å². The van der Waals surface area contributed by atoms with E-state index in [9.17, 15) is 48.6 Å². The zero-order valence-electron chi connectivity index (χ0n) is 30.2. The maximum Gasteiger partial charge on any atom is 0.316 e. The number of methoxy groups -OCH3 is 1. The molecule has 1 heterocycles. The summed E-state index contributed by atoms with van der Waals surface area (Å²) in [6.07, 6.45) is -1.32. The SMILES string of the molecule is CCC(C(=O)CC(C(=O)O)C(=O)CC(C(=O)CC(C)C(=O)OCCc1ccc(N=Nc2c(C)c(C(N)=O)c(O)[nH]c2=O)cc1)C(=O)OC)c1ccccc1.